The molecule has 3 heterocycles. The van der Waals surface area contributed by atoms with Crippen LogP contribution < -0.4 is 5.32 Å². The third kappa shape index (κ3) is 1.74. The lowest BCUT2D eigenvalue weighted by Gasteiger charge is -2.07. The summed E-state index contributed by atoms with van der Waals surface area (Å²) in [7, 11) is 1.58. The average Bonchev–Trinajstić information content (AvgIpc) is 2.94. The smallest absolute Gasteiger partial charge is 0.338 e. The van der Waals surface area contributed by atoms with E-state index in [9.17, 15) is 10.1 Å². The lowest BCUT2D eigenvalue weighted by molar-refractivity contribution is -0.383. The second kappa shape index (κ2) is 4.57. The average molecular weight is 270 g/mol. The van der Waals surface area contributed by atoms with Crippen molar-refractivity contribution in [2.75, 3.05) is 12.4 Å². The highest BCUT2D eigenvalue weighted by Gasteiger charge is 2.24. The molecule has 3 aromatic rings. The van der Waals surface area contributed by atoms with E-state index in [0.29, 0.717) is 11.3 Å². The minimum atomic E-state index is -0.489. The van der Waals surface area contributed by atoms with Crippen LogP contribution in [0.2, 0.25) is 0 Å². The molecule has 3 rings (SSSR count). The van der Waals surface area contributed by atoms with Gasteiger partial charge in [-0.25, -0.2) is 15.0 Å². The van der Waals surface area contributed by atoms with E-state index in [1.54, 1.807) is 36.0 Å². The number of nitro groups is 1. The molecule has 0 saturated heterocycles. The van der Waals surface area contributed by atoms with Gasteiger partial charge in [0, 0.05) is 19.4 Å². The summed E-state index contributed by atoms with van der Waals surface area (Å²) < 4.78 is 1.74. The summed E-state index contributed by atoms with van der Waals surface area (Å²) in [6, 6.07) is 5.35. The highest BCUT2D eigenvalue weighted by molar-refractivity contribution is 5.75. The molecule has 0 fully saturated rings. The van der Waals surface area contributed by atoms with Crippen molar-refractivity contribution in [3.05, 3.63) is 47.0 Å². The van der Waals surface area contributed by atoms with Gasteiger partial charge >= 0.3 is 5.69 Å². The minimum absolute atomic E-state index is 0.156. The fourth-order valence-corrected chi connectivity index (χ4v) is 2.06. The molecule has 8 nitrogen and oxygen atoms in total. The van der Waals surface area contributed by atoms with E-state index in [1.807, 2.05) is 6.07 Å². The zero-order valence-corrected chi connectivity index (χ0v) is 10.5. The Hall–Kier alpha value is -3.03. The van der Waals surface area contributed by atoms with Crippen LogP contribution in [-0.2, 0) is 0 Å². The van der Waals surface area contributed by atoms with Crippen molar-refractivity contribution in [2.45, 2.75) is 0 Å². The van der Waals surface area contributed by atoms with Crippen molar-refractivity contribution >= 4 is 17.2 Å². The van der Waals surface area contributed by atoms with Crippen LogP contribution in [0, 0.1) is 10.1 Å². The molecule has 0 atom stereocenters. The lowest BCUT2D eigenvalue weighted by atomic mass is 10.2. The van der Waals surface area contributed by atoms with Crippen LogP contribution in [0.1, 0.15) is 0 Å². The standard InChI is InChI=1S/C12H10N6O2/c1-13-12-11(18(19)20)10(15-7-16-12)8-3-2-4-9-14-5-6-17(8)9/h2-7H,1H3,(H,13,15,16). The van der Waals surface area contributed by atoms with Crippen molar-refractivity contribution in [3.63, 3.8) is 0 Å². The molecule has 20 heavy (non-hydrogen) atoms. The van der Waals surface area contributed by atoms with Gasteiger partial charge in [0.1, 0.15) is 12.0 Å². The Morgan fingerprint density at radius 1 is 1.30 bits per heavy atom. The molecule has 0 aliphatic heterocycles. The molecular formula is C12H10N6O2. The largest absolute Gasteiger partial charge is 0.367 e. The number of fused-ring (bicyclic) bond motifs is 1. The lowest BCUT2D eigenvalue weighted by Crippen LogP contribution is -2.04. The number of nitrogens with zero attached hydrogens (tertiary/aromatic N) is 5. The first-order chi connectivity index (χ1) is 9.72. The van der Waals surface area contributed by atoms with E-state index < -0.39 is 4.92 Å². The van der Waals surface area contributed by atoms with Crippen molar-refractivity contribution < 1.29 is 4.92 Å². The summed E-state index contributed by atoms with van der Waals surface area (Å²) in [6.45, 7) is 0. The Morgan fingerprint density at radius 2 is 2.15 bits per heavy atom. The van der Waals surface area contributed by atoms with E-state index in [-0.39, 0.29) is 17.2 Å². The SMILES string of the molecule is CNc1ncnc(-c2cccc3nccn23)c1[N+](=O)[O-]. The molecule has 0 saturated carbocycles. The highest BCUT2D eigenvalue weighted by atomic mass is 16.6. The minimum Gasteiger partial charge on any atom is -0.367 e. The fourth-order valence-electron chi connectivity index (χ4n) is 2.06. The molecule has 8 heteroatoms. The molecule has 0 bridgehead atoms. The maximum absolute atomic E-state index is 11.3. The number of hydrogen-bond acceptors (Lipinski definition) is 6. The number of rotatable bonds is 3. The first kappa shape index (κ1) is 12.0. The molecule has 0 amide bonds. The van der Waals surface area contributed by atoms with Gasteiger partial charge in [-0.1, -0.05) is 6.07 Å². The van der Waals surface area contributed by atoms with Crippen LogP contribution >= 0.6 is 0 Å². The van der Waals surface area contributed by atoms with Crippen LogP contribution in [0.25, 0.3) is 17.0 Å². The van der Waals surface area contributed by atoms with Gasteiger partial charge in [0.2, 0.25) is 5.82 Å². The third-order valence-electron chi connectivity index (χ3n) is 2.91. The predicted molar refractivity (Wildman–Crippen MR) is 72.4 cm³/mol. The summed E-state index contributed by atoms with van der Waals surface area (Å²) in [6.07, 6.45) is 4.66. The number of nitrogens with one attached hydrogen (secondary N) is 1. The molecule has 0 unspecified atom stereocenters. The normalized spacial score (nSPS) is 10.7. The summed E-state index contributed by atoms with van der Waals surface area (Å²) in [5.41, 5.74) is 1.38. The summed E-state index contributed by atoms with van der Waals surface area (Å²) >= 11 is 0. The summed E-state index contributed by atoms with van der Waals surface area (Å²) in [5, 5.41) is 14.0. The maximum Gasteiger partial charge on any atom is 0.338 e. The van der Waals surface area contributed by atoms with Crippen LogP contribution in [-0.4, -0.2) is 31.3 Å². The highest BCUT2D eigenvalue weighted by Crippen LogP contribution is 2.32. The first-order valence-corrected chi connectivity index (χ1v) is 5.82. The van der Waals surface area contributed by atoms with Crippen molar-refractivity contribution in [1.29, 1.82) is 0 Å². The van der Waals surface area contributed by atoms with E-state index >= 15 is 0 Å². The number of anilines is 1. The Morgan fingerprint density at radius 3 is 2.90 bits per heavy atom. The van der Waals surface area contributed by atoms with Crippen LogP contribution in [0.4, 0.5) is 11.5 Å². The summed E-state index contributed by atoms with van der Waals surface area (Å²) in [4.78, 5) is 22.9. The Kier molecular flexibility index (Phi) is 2.75. The second-order valence-corrected chi connectivity index (χ2v) is 3.99. The van der Waals surface area contributed by atoms with Gasteiger partial charge in [0.05, 0.1) is 10.6 Å². The van der Waals surface area contributed by atoms with Gasteiger partial charge in [-0.2, -0.15) is 0 Å². The van der Waals surface area contributed by atoms with Crippen LogP contribution in [0.15, 0.2) is 36.9 Å². The van der Waals surface area contributed by atoms with E-state index in [0.717, 1.165) is 0 Å². The van der Waals surface area contributed by atoms with E-state index in [4.69, 9.17) is 0 Å². The quantitative estimate of drug-likeness (QED) is 0.575. The number of pyridine rings is 1. The van der Waals surface area contributed by atoms with Gasteiger partial charge < -0.3 is 5.32 Å². The number of imidazole rings is 1. The molecule has 0 aliphatic carbocycles. The first-order valence-electron chi connectivity index (χ1n) is 5.82. The zero-order valence-electron chi connectivity index (χ0n) is 10.5. The molecule has 3 aromatic heterocycles. The third-order valence-corrected chi connectivity index (χ3v) is 2.91. The van der Waals surface area contributed by atoms with Gasteiger partial charge in [0.25, 0.3) is 0 Å². The van der Waals surface area contributed by atoms with E-state index in [1.165, 1.54) is 6.33 Å². The number of aromatic nitrogens is 4. The Labute approximate surface area is 113 Å². The molecule has 100 valence electrons. The zero-order chi connectivity index (χ0) is 14.1. The Bertz CT molecular complexity index is 797. The fraction of sp³-hybridized carbons (Fsp3) is 0.0833. The van der Waals surface area contributed by atoms with Gasteiger partial charge in [0.15, 0.2) is 5.69 Å². The van der Waals surface area contributed by atoms with Crippen LogP contribution in [0.5, 0.6) is 0 Å². The van der Waals surface area contributed by atoms with Crippen molar-refractivity contribution in [2.24, 2.45) is 0 Å². The molecule has 0 radical (unpaired) electrons. The maximum atomic E-state index is 11.3. The van der Waals surface area contributed by atoms with Gasteiger partial charge in [-0.15, -0.1) is 0 Å². The number of hydrogen-bond donors (Lipinski definition) is 1. The van der Waals surface area contributed by atoms with Crippen molar-refractivity contribution in [3.8, 4) is 11.4 Å². The van der Waals surface area contributed by atoms with Gasteiger partial charge in [-0.05, 0) is 12.1 Å². The van der Waals surface area contributed by atoms with Crippen molar-refractivity contribution in [1.82, 2.24) is 19.4 Å². The molecule has 0 aromatic carbocycles. The molecule has 1 N–H and O–H groups in total. The Balaban J connectivity index is 2.34. The van der Waals surface area contributed by atoms with E-state index in [2.05, 4.69) is 20.3 Å². The molecule has 0 spiro atoms. The topological polar surface area (TPSA) is 98.2 Å². The molecular weight excluding hydrogens is 260 g/mol. The van der Waals surface area contributed by atoms with Gasteiger partial charge in [-0.3, -0.25) is 14.5 Å². The molecule has 0 aliphatic rings. The second-order valence-electron chi connectivity index (χ2n) is 3.99. The predicted octanol–water partition coefficient (Wildman–Crippen LogP) is 1.74. The van der Waals surface area contributed by atoms with Crippen LogP contribution in [0.3, 0.4) is 0 Å². The summed E-state index contributed by atoms with van der Waals surface area (Å²) in [5.74, 6) is 0.178. The monoisotopic (exact) mass is 270 g/mol.